The lowest BCUT2D eigenvalue weighted by Crippen LogP contribution is -1.92. The van der Waals surface area contributed by atoms with Gasteiger partial charge in [0.05, 0.1) is 11.0 Å². The van der Waals surface area contributed by atoms with E-state index in [1.54, 1.807) is 12.4 Å². The van der Waals surface area contributed by atoms with Crippen LogP contribution in [0.5, 0.6) is 0 Å². The molecule has 0 spiro atoms. The highest BCUT2D eigenvalue weighted by Crippen LogP contribution is 2.26. The normalized spacial score (nSPS) is 10.9. The minimum atomic E-state index is 0.537. The number of pyridine rings is 2. The van der Waals surface area contributed by atoms with E-state index in [1.807, 2.05) is 24.3 Å². The Labute approximate surface area is 104 Å². The molecule has 3 heteroatoms. The van der Waals surface area contributed by atoms with Crippen molar-refractivity contribution >= 4 is 28.1 Å². The van der Waals surface area contributed by atoms with Crippen LogP contribution < -0.4 is 0 Å². The average molecular weight is 236 g/mol. The number of carbonyl (C=O) groups is 1. The van der Waals surface area contributed by atoms with E-state index in [2.05, 4.69) is 16.0 Å². The third-order valence-electron chi connectivity index (χ3n) is 3.08. The summed E-state index contributed by atoms with van der Waals surface area (Å²) in [4.78, 5) is 19.4. The molecule has 88 valence electrons. The zero-order valence-corrected chi connectivity index (χ0v) is 9.84. The predicted octanol–water partition coefficient (Wildman–Crippen LogP) is 2.91. The lowest BCUT2D eigenvalue weighted by Gasteiger charge is -2.07. The second-order valence-electron chi connectivity index (χ2n) is 4.22. The van der Waals surface area contributed by atoms with Crippen molar-refractivity contribution in [2.45, 2.75) is 12.8 Å². The molecule has 2 heterocycles. The number of hydrogen-bond acceptors (Lipinski definition) is 3. The predicted molar refractivity (Wildman–Crippen MR) is 71.4 cm³/mol. The topological polar surface area (TPSA) is 42.9 Å². The van der Waals surface area contributed by atoms with Crippen molar-refractivity contribution in [2.75, 3.05) is 0 Å². The van der Waals surface area contributed by atoms with E-state index in [1.165, 1.54) is 0 Å². The van der Waals surface area contributed by atoms with Crippen molar-refractivity contribution in [1.82, 2.24) is 9.97 Å². The first-order valence-corrected chi connectivity index (χ1v) is 5.95. The molecule has 0 saturated carbocycles. The molecule has 0 amide bonds. The molecule has 0 saturated heterocycles. The maximum atomic E-state index is 10.5. The Bertz CT molecular complexity index is 722. The van der Waals surface area contributed by atoms with Gasteiger partial charge >= 0.3 is 0 Å². The summed E-state index contributed by atoms with van der Waals surface area (Å²) in [6.45, 7) is 0. The van der Waals surface area contributed by atoms with E-state index in [9.17, 15) is 4.79 Å². The Morgan fingerprint density at radius 3 is 2.67 bits per heavy atom. The molecular formula is C15H12N2O. The number of aryl methyl sites for hydroxylation is 1. The summed E-state index contributed by atoms with van der Waals surface area (Å²) < 4.78 is 0. The van der Waals surface area contributed by atoms with Crippen LogP contribution >= 0.6 is 0 Å². The molecular weight excluding hydrogens is 224 g/mol. The number of aromatic nitrogens is 2. The fourth-order valence-electron chi connectivity index (χ4n) is 2.27. The highest BCUT2D eigenvalue weighted by Gasteiger charge is 2.07. The molecule has 3 rings (SSSR count). The summed E-state index contributed by atoms with van der Waals surface area (Å²) in [5, 5.41) is 2.16. The Balaban J connectivity index is 2.35. The summed E-state index contributed by atoms with van der Waals surface area (Å²) in [6, 6.07) is 10.0. The Hall–Kier alpha value is -2.29. The largest absolute Gasteiger partial charge is 0.303 e. The highest BCUT2D eigenvalue weighted by molar-refractivity contribution is 6.04. The molecule has 1 aromatic carbocycles. The first-order valence-electron chi connectivity index (χ1n) is 5.95. The van der Waals surface area contributed by atoms with E-state index < -0.39 is 0 Å². The van der Waals surface area contributed by atoms with E-state index in [0.29, 0.717) is 6.42 Å². The molecule has 3 nitrogen and oxygen atoms in total. The molecule has 0 aliphatic rings. The molecule has 0 aliphatic carbocycles. The zero-order valence-electron chi connectivity index (χ0n) is 9.84. The number of hydrogen-bond donors (Lipinski definition) is 0. The lowest BCUT2D eigenvalue weighted by molar-refractivity contribution is -0.107. The number of benzene rings is 1. The number of rotatable bonds is 3. The molecule has 2 aromatic heterocycles. The van der Waals surface area contributed by atoms with Crippen LogP contribution in [0.2, 0.25) is 0 Å². The minimum Gasteiger partial charge on any atom is -0.303 e. The number of nitrogens with zero attached hydrogens (tertiary/aromatic N) is 2. The Morgan fingerprint density at radius 1 is 1.06 bits per heavy atom. The zero-order chi connectivity index (χ0) is 12.4. The lowest BCUT2D eigenvalue weighted by atomic mass is 10.0. The van der Waals surface area contributed by atoms with Gasteiger partial charge in [0.2, 0.25) is 0 Å². The van der Waals surface area contributed by atoms with Gasteiger partial charge < -0.3 is 4.79 Å². The van der Waals surface area contributed by atoms with E-state index in [4.69, 9.17) is 0 Å². The monoisotopic (exact) mass is 236 g/mol. The van der Waals surface area contributed by atoms with Gasteiger partial charge in [-0.15, -0.1) is 0 Å². The maximum Gasteiger partial charge on any atom is 0.120 e. The van der Waals surface area contributed by atoms with E-state index in [-0.39, 0.29) is 0 Å². The average Bonchev–Trinajstić information content (AvgIpc) is 2.45. The fraction of sp³-hybridized carbons (Fsp3) is 0.133. The highest BCUT2D eigenvalue weighted by atomic mass is 16.1. The summed E-state index contributed by atoms with van der Waals surface area (Å²) in [5.41, 5.74) is 2.99. The molecule has 0 unspecified atom stereocenters. The van der Waals surface area contributed by atoms with Gasteiger partial charge in [-0.3, -0.25) is 9.97 Å². The van der Waals surface area contributed by atoms with Gasteiger partial charge in [0.15, 0.2) is 0 Å². The summed E-state index contributed by atoms with van der Waals surface area (Å²) in [5.74, 6) is 0. The SMILES string of the molecule is O=CCCc1cc2cccnc2c2ncccc12. The van der Waals surface area contributed by atoms with E-state index >= 15 is 0 Å². The Kier molecular flexibility index (Phi) is 2.73. The minimum absolute atomic E-state index is 0.537. The first kappa shape index (κ1) is 10.8. The number of carbonyl (C=O) groups excluding carboxylic acids is 1. The van der Waals surface area contributed by atoms with Gasteiger partial charge in [0.1, 0.15) is 6.29 Å². The van der Waals surface area contributed by atoms with E-state index in [0.717, 1.165) is 40.1 Å². The maximum absolute atomic E-state index is 10.5. The Morgan fingerprint density at radius 2 is 1.83 bits per heavy atom. The van der Waals surface area contributed by atoms with Crippen LogP contribution in [-0.4, -0.2) is 16.3 Å². The molecule has 0 bridgehead atoms. The first-order chi connectivity index (χ1) is 8.90. The molecule has 18 heavy (non-hydrogen) atoms. The van der Waals surface area contributed by atoms with Crippen LogP contribution in [0.25, 0.3) is 21.8 Å². The van der Waals surface area contributed by atoms with Gasteiger partial charge in [0, 0.05) is 29.6 Å². The molecule has 0 fully saturated rings. The van der Waals surface area contributed by atoms with Crippen molar-refractivity contribution in [3.8, 4) is 0 Å². The van der Waals surface area contributed by atoms with Gasteiger partial charge in [0.25, 0.3) is 0 Å². The molecule has 0 atom stereocenters. The van der Waals surface area contributed by atoms with Crippen LogP contribution in [0.4, 0.5) is 0 Å². The second kappa shape index (κ2) is 4.53. The van der Waals surface area contributed by atoms with Gasteiger partial charge in [-0.05, 0) is 30.2 Å². The third-order valence-corrected chi connectivity index (χ3v) is 3.08. The van der Waals surface area contributed by atoms with Crippen LogP contribution in [-0.2, 0) is 11.2 Å². The quantitative estimate of drug-likeness (QED) is 0.518. The van der Waals surface area contributed by atoms with Crippen molar-refractivity contribution in [1.29, 1.82) is 0 Å². The van der Waals surface area contributed by atoms with Gasteiger partial charge in [-0.25, -0.2) is 0 Å². The summed E-state index contributed by atoms with van der Waals surface area (Å²) in [6.07, 6.45) is 5.80. The van der Waals surface area contributed by atoms with Gasteiger partial charge in [-0.2, -0.15) is 0 Å². The van der Waals surface area contributed by atoms with Crippen molar-refractivity contribution in [3.63, 3.8) is 0 Å². The molecule has 0 radical (unpaired) electrons. The van der Waals surface area contributed by atoms with Crippen LogP contribution in [0, 0.1) is 0 Å². The summed E-state index contributed by atoms with van der Waals surface area (Å²) >= 11 is 0. The standard InChI is InChI=1S/C15H12N2O/c18-9-3-5-11-10-12-4-1-7-16-14(12)15-13(11)6-2-8-17-15/h1-2,4,6-10H,3,5H2. The van der Waals surface area contributed by atoms with Gasteiger partial charge in [-0.1, -0.05) is 12.1 Å². The molecule has 0 aliphatic heterocycles. The number of aldehydes is 1. The van der Waals surface area contributed by atoms with Crippen molar-refractivity contribution in [3.05, 3.63) is 48.3 Å². The van der Waals surface area contributed by atoms with Crippen LogP contribution in [0.1, 0.15) is 12.0 Å². The van der Waals surface area contributed by atoms with Crippen LogP contribution in [0.15, 0.2) is 42.7 Å². The summed E-state index contributed by atoms with van der Waals surface area (Å²) in [7, 11) is 0. The van der Waals surface area contributed by atoms with Crippen molar-refractivity contribution < 1.29 is 4.79 Å². The second-order valence-corrected chi connectivity index (χ2v) is 4.22. The third kappa shape index (κ3) is 1.74. The van der Waals surface area contributed by atoms with Crippen molar-refractivity contribution in [2.24, 2.45) is 0 Å². The smallest absolute Gasteiger partial charge is 0.120 e. The molecule has 0 N–H and O–H groups in total. The van der Waals surface area contributed by atoms with Crippen LogP contribution in [0.3, 0.4) is 0 Å². The fourth-order valence-corrected chi connectivity index (χ4v) is 2.27. The molecule has 3 aromatic rings. The number of fused-ring (bicyclic) bond motifs is 3.